The molecule has 0 N–H and O–H groups in total. The first-order chi connectivity index (χ1) is 17.9. The molecule has 0 saturated carbocycles. The lowest BCUT2D eigenvalue weighted by atomic mass is 10.1. The highest BCUT2D eigenvalue weighted by molar-refractivity contribution is 14.1. The van der Waals surface area contributed by atoms with E-state index in [2.05, 4.69) is 22.6 Å². The molecule has 1 fully saturated rings. The second-order valence-corrected chi connectivity index (χ2v) is 10.2. The number of aryl methyl sites for hydroxylation is 1. The van der Waals surface area contributed by atoms with E-state index in [1.807, 2.05) is 50.2 Å². The molecule has 0 bridgehead atoms. The van der Waals surface area contributed by atoms with Gasteiger partial charge >= 0.3 is 5.97 Å². The van der Waals surface area contributed by atoms with Crippen LogP contribution in [-0.4, -0.2) is 41.8 Å². The van der Waals surface area contributed by atoms with Crippen LogP contribution in [0.5, 0.6) is 17.2 Å². The number of nitrogens with zero attached hydrogens (tertiary/aromatic N) is 1. The predicted molar refractivity (Wildman–Crippen MR) is 151 cm³/mol. The van der Waals surface area contributed by atoms with Gasteiger partial charge in [-0.2, -0.15) is 0 Å². The molecule has 0 spiro atoms. The van der Waals surface area contributed by atoms with Crippen molar-refractivity contribution in [2.45, 2.75) is 13.8 Å². The van der Waals surface area contributed by atoms with E-state index in [1.165, 1.54) is 4.90 Å². The van der Waals surface area contributed by atoms with E-state index in [0.717, 1.165) is 20.9 Å². The Morgan fingerprint density at radius 2 is 1.81 bits per heavy atom. The minimum absolute atomic E-state index is 0.146. The molecule has 0 aliphatic carbocycles. The van der Waals surface area contributed by atoms with Crippen LogP contribution in [0.3, 0.4) is 0 Å². The van der Waals surface area contributed by atoms with Gasteiger partial charge in [0.1, 0.15) is 12.4 Å². The molecule has 0 unspecified atom stereocenters. The third-order valence-electron chi connectivity index (χ3n) is 5.31. The minimum Gasteiger partial charge on any atom is -0.492 e. The highest BCUT2D eigenvalue weighted by Gasteiger charge is 2.34. The quantitative estimate of drug-likeness (QED) is 0.118. The number of esters is 1. The van der Waals surface area contributed by atoms with Crippen molar-refractivity contribution in [3.63, 3.8) is 0 Å². The predicted octanol–water partition coefficient (Wildman–Crippen LogP) is 6.33. The summed E-state index contributed by atoms with van der Waals surface area (Å²) in [7, 11) is 0. The van der Waals surface area contributed by atoms with Crippen molar-refractivity contribution < 1.29 is 28.6 Å². The van der Waals surface area contributed by atoms with Crippen LogP contribution in [0, 0.1) is 10.5 Å². The lowest BCUT2D eigenvalue weighted by Gasteiger charge is -2.13. The van der Waals surface area contributed by atoms with Gasteiger partial charge in [-0.1, -0.05) is 30.3 Å². The van der Waals surface area contributed by atoms with Gasteiger partial charge in [-0.25, -0.2) is 4.79 Å². The van der Waals surface area contributed by atoms with Gasteiger partial charge in [-0.15, -0.1) is 0 Å². The Morgan fingerprint density at radius 1 is 1.00 bits per heavy atom. The molecule has 3 aromatic rings. The number of carbonyl (C=O) groups is 3. The standard InChI is InChI=1S/C28H24INO6S/c1-3-34-24-16-19(11-12-23(24)36-27(32)21-9-4-5-10-22(21)29)17-25-26(31)30(28(33)37-25)13-14-35-20-8-6-7-18(2)15-20/h4-12,15-17H,3,13-14H2,1-2H3/b25-17-. The Hall–Kier alpha value is -3.31. The van der Waals surface area contributed by atoms with E-state index < -0.39 is 5.97 Å². The summed E-state index contributed by atoms with van der Waals surface area (Å²) in [5.74, 6) is 0.447. The molecule has 37 heavy (non-hydrogen) atoms. The van der Waals surface area contributed by atoms with Crippen molar-refractivity contribution in [2.24, 2.45) is 0 Å². The average molecular weight is 629 g/mol. The molecule has 4 rings (SSSR count). The van der Waals surface area contributed by atoms with Crippen molar-refractivity contribution in [2.75, 3.05) is 19.8 Å². The van der Waals surface area contributed by atoms with E-state index in [0.29, 0.717) is 34.1 Å². The second-order valence-electron chi connectivity index (χ2n) is 8.01. The van der Waals surface area contributed by atoms with Crippen LogP contribution >= 0.6 is 34.4 Å². The summed E-state index contributed by atoms with van der Waals surface area (Å²) in [6, 6.07) is 19.7. The van der Waals surface area contributed by atoms with Crippen molar-refractivity contribution in [1.82, 2.24) is 4.90 Å². The fourth-order valence-corrected chi connectivity index (χ4v) is 5.03. The zero-order chi connectivity index (χ0) is 26.4. The zero-order valence-electron chi connectivity index (χ0n) is 20.2. The number of halogens is 1. The number of amides is 2. The van der Waals surface area contributed by atoms with Crippen LogP contribution in [0.2, 0.25) is 0 Å². The summed E-state index contributed by atoms with van der Waals surface area (Å²) in [4.78, 5) is 39.5. The number of hydrogen-bond donors (Lipinski definition) is 0. The maximum absolute atomic E-state index is 12.9. The molecular formula is C28H24INO6S. The molecule has 1 saturated heterocycles. The van der Waals surface area contributed by atoms with Crippen molar-refractivity contribution in [3.05, 3.63) is 91.9 Å². The number of hydrogen-bond acceptors (Lipinski definition) is 7. The third-order valence-corrected chi connectivity index (χ3v) is 7.16. The molecule has 2 amide bonds. The molecule has 0 atom stereocenters. The Balaban J connectivity index is 1.45. The van der Waals surface area contributed by atoms with E-state index in [9.17, 15) is 14.4 Å². The van der Waals surface area contributed by atoms with Gasteiger partial charge in [0.05, 0.1) is 23.6 Å². The fraction of sp³-hybridized carbons (Fsp3) is 0.179. The van der Waals surface area contributed by atoms with Crippen LogP contribution < -0.4 is 14.2 Å². The number of benzene rings is 3. The van der Waals surface area contributed by atoms with Gasteiger partial charge < -0.3 is 14.2 Å². The summed E-state index contributed by atoms with van der Waals surface area (Å²) in [6.07, 6.45) is 1.63. The molecule has 9 heteroatoms. The highest BCUT2D eigenvalue weighted by Crippen LogP contribution is 2.35. The molecule has 190 valence electrons. The average Bonchev–Trinajstić information content (AvgIpc) is 3.13. The van der Waals surface area contributed by atoms with Crippen LogP contribution in [0.4, 0.5) is 4.79 Å². The molecule has 1 aliphatic heterocycles. The van der Waals surface area contributed by atoms with E-state index >= 15 is 0 Å². The minimum atomic E-state index is -0.493. The maximum Gasteiger partial charge on any atom is 0.344 e. The summed E-state index contributed by atoms with van der Waals surface area (Å²) in [6.45, 7) is 4.49. The number of carbonyl (C=O) groups excluding carboxylic acids is 3. The Labute approximate surface area is 232 Å². The van der Waals surface area contributed by atoms with E-state index in [1.54, 1.807) is 36.4 Å². The van der Waals surface area contributed by atoms with Crippen LogP contribution in [0.15, 0.2) is 71.6 Å². The summed E-state index contributed by atoms with van der Waals surface area (Å²) in [5, 5.41) is -0.350. The number of ether oxygens (including phenoxy) is 3. The first-order valence-electron chi connectivity index (χ1n) is 11.5. The Bertz CT molecular complexity index is 1370. The molecular weight excluding hydrogens is 605 g/mol. The van der Waals surface area contributed by atoms with Crippen LogP contribution in [0.25, 0.3) is 6.08 Å². The normalized spacial score (nSPS) is 14.2. The van der Waals surface area contributed by atoms with Gasteiger partial charge in [0.25, 0.3) is 11.1 Å². The zero-order valence-corrected chi connectivity index (χ0v) is 23.2. The maximum atomic E-state index is 12.9. The van der Waals surface area contributed by atoms with Gasteiger partial charge in [0.15, 0.2) is 11.5 Å². The number of rotatable bonds is 9. The second kappa shape index (κ2) is 12.3. The smallest absolute Gasteiger partial charge is 0.344 e. The number of thioether (sulfide) groups is 1. The monoisotopic (exact) mass is 629 g/mol. The number of imide groups is 1. The third kappa shape index (κ3) is 6.72. The van der Waals surface area contributed by atoms with Gasteiger partial charge in [-0.05, 0) is 102 Å². The van der Waals surface area contributed by atoms with Crippen molar-refractivity contribution >= 4 is 57.5 Å². The van der Waals surface area contributed by atoms with Crippen LogP contribution in [0.1, 0.15) is 28.4 Å². The summed E-state index contributed by atoms with van der Waals surface area (Å²) >= 11 is 2.95. The molecule has 1 heterocycles. The largest absolute Gasteiger partial charge is 0.492 e. The summed E-state index contributed by atoms with van der Waals surface area (Å²) in [5.41, 5.74) is 2.15. The fourth-order valence-electron chi connectivity index (χ4n) is 3.55. The lowest BCUT2D eigenvalue weighted by molar-refractivity contribution is -0.123. The van der Waals surface area contributed by atoms with E-state index in [4.69, 9.17) is 14.2 Å². The Morgan fingerprint density at radius 3 is 2.57 bits per heavy atom. The SMILES string of the molecule is CCOc1cc(/C=C2\SC(=O)N(CCOc3cccc(C)c3)C2=O)ccc1OC(=O)c1ccccc1I. The summed E-state index contributed by atoms with van der Waals surface area (Å²) < 4.78 is 17.8. The van der Waals surface area contributed by atoms with Crippen molar-refractivity contribution in [1.29, 1.82) is 0 Å². The van der Waals surface area contributed by atoms with Crippen LogP contribution in [-0.2, 0) is 4.79 Å². The van der Waals surface area contributed by atoms with Crippen molar-refractivity contribution in [3.8, 4) is 17.2 Å². The lowest BCUT2D eigenvalue weighted by Crippen LogP contribution is -2.32. The van der Waals surface area contributed by atoms with Gasteiger partial charge in [-0.3, -0.25) is 14.5 Å². The molecule has 0 radical (unpaired) electrons. The first-order valence-corrected chi connectivity index (χ1v) is 13.4. The molecule has 3 aromatic carbocycles. The Kier molecular flexibility index (Phi) is 8.88. The molecule has 7 nitrogen and oxygen atoms in total. The molecule has 0 aromatic heterocycles. The highest BCUT2D eigenvalue weighted by atomic mass is 127. The topological polar surface area (TPSA) is 82.1 Å². The molecule has 1 aliphatic rings. The van der Waals surface area contributed by atoms with Gasteiger partial charge in [0.2, 0.25) is 0 Å². The van der Waals surface area contributed by atoms with Gasteiger partial charge in [0, 0.05) is 3.57 Å². The first kappa shape index (κ1) is 26.7. The van der Waals surface area contributed by atoms with E-state index in [-0.39, 0.29) is 30.0 Å².